The largest absolute Gasteiger partial charge is 0.573 e. The highest BCUT2D eigenvalue weighted by Gasteiger charge is 2.33. The number of aryl methyl sites for hydroxylation is 1. The van der Waals surface area contributed by atoms with E-state index in [0.29, 0.717) is 0 Å². The molecular formula is C14H12F3NO4. The molecule has 0 saturated carbocycles. The van der Waals surface area contributed by atoms with Gasteiger partial charge in [-0.25, -0.2) is 4.79 Å². The van der Waals surface area contributed by atoms with Gasteiger partial charge in [-0.05, 0) is 26.0 Å². The van der Waals surface area contributed by atoms with Gasteiger partial charge in [0.2, 0.25) is 0 Å². The maximum atomic E-state index is 12.5. The van der Waals surface area contributed by atoms with Gasteiger partial charge in [-0.3, -0.25) is 0 Å². The van der Waals surface area contributed by atoms with Gasteiger partial charge in [-0.2, -0.15) is 0 Å². The van der Waals surface area contributed by atoms with Crippen LogP contribution in [-0.4, -0.2) is 24.1 Å². The minimum Gasteiger partial charge on any atom is -0.462 e. The van der Waals surface area contributed by atoms with Crippen molar-refractivity contribution in [3.05, 3.63) is 35.6 Å². The molecule has 0 N–H and O–H groups in total. The molecule has 118 valence electrons. The molecule has 0 aliphatic heterocycles. The van der Waals surface area contributed by atoms with Crippen molar-refractivity contribution in [2.24, 2.45) is 0 Å². The molecule has 5 nitrogen and oxygen atoms in total. The van der Waals surface area contributed by atoms with Crippen LogP contribution in [0.1, 0.15) is 23.0 Å². The van der Waals surface area contributed by atoms with Crippen LogP contribution in [0.3, 0.4) is 0 Å². The van der Waals surface area contributed by atoms with E-state index in [1.165, 1.54) is 25.1 Å². The van der Waals surface area contributed by atoms with Gasteiger partial charge in [0, 0.05) is 5.56 Å². The van der Waals surface area contributed by atoms with E-state index < -0.39 is 18.1 Å². The first-order valence-corrected chi connectivity index (χ1v) is 6.32. The van der Waals surface area contributed by atoms with Crippen molar-refractivity contribution in [2.75, 3.05) is 6.61 Å². The van der Waals surface area contributed by atoms with Crippen molar-refractivity contribution in [1.29, 1.82) is 0 Å². The Balaban J connectivity index is 2.52. The predicted octanol–water partition coefficient (Wildman–Crippen LogP) is 3.73. The van der Waals surface area contributed by atoms with E-state index in [4.69, 9.17) is 9.26 Å². The van der Waals surface area contributed by atoms with Gasteiger partial charge < -0.3 is 14.0 Å². The first-order valence-electron chi connectivity index (χ1n) is 6.32. The zero-order valence-corrected chi connectivity index (χ0v) is 11.7. The number of aromatic nitrogens is 1. The topological polar surface area (TPSA) is 61.6 Å². The Hall–Kier alpha value is -2.51. The fraction of sp³-hybridized carbons (Fsp3) is 0.286. The molecule has 0 saturated heterocycles. The number of hydrogen-bond donors (Lipinski definition) is 0. The molecule has 0 amide bonds. The summed E-state index contributed by atoms with van der Waals surface area (Å²) in [5, 5.41) is 3.66. The number of rotatable bonds is 4. The Labute approximate surface area is 123 Å². The standard InChI is InChI=1S/C14H12F3NO4/c1-3-20-13(19)11-8(2)22-18-12(11)9-6-4-5-7-10(9)21-14(15,16)17/h4-7H,3H2,1-2H3. The summed E-state index contributed by atoms with van der Waals surface area (Å²) < 4.78 is 51.1. The smallest absolute Gasteiger partial charge is 0.462 e. The molecule has 0 fully saturated rings. The summed E-state index contributed by atoms with van der Waals surface area (Å²) in [6, 6.07) is 5.35. The summed E-state index contributed by atoms with van der Waals surface area (Å²) in [6.07, 6.45) is -4.86. The zero-order chi connectivity index (χ0) is 16.3. The van der Waals surface area contributed by atoms with Crippen LogP contribution in [0.15, 0.2) is 28.8 Å². The molecule has 1 aromatic heterocycles. The lowest BCUT2D eigenvalue weighted by Crippen LogP contribution is -2.17. The number of nitrogens with zero attached hydrogens (tertiary/aromatic N) is 1. The quantitative estimate of drug-likeness (QED) is 0.805. The molecule has 0 aliphatic carbocycles. The maximum Gasteiger partial charge on any atom is 0.573 e. The summed E-state index contributed by atoms with van der Waals surface area (Å²) in [4.78, 5) is 11.9. The van der Waals surface area contributed by atoms with Crippen LogP contribution in [0.4, 0.5) is 13.2 Å². The first kappa shape index (κ1) is 15.9. The van der Waals surface area contributed by atoms with Gasteiger partial charge in [0.05, 0.1) is 6.61 Å². The van der Waals surface area contributed by atoms with Crippen LogP contribution in [0, 0.1) is 6.92 Å². The number of carbonyl (C=O) groups is 1. The van der Waals surface area contributed by atoms with Gasteiger partial charge in [-0.15, -0.1) is 13.2 Å². The average Bonchev–Trinajstić information content (AvgIpc) is 2.79. The molecule has 0 spiro atoms. The van der Waals surface area contributed by atoms with E-state index in [2.05, 4.69) is 9.89 Å². The van der Waals surface area contributed by atoms with Crippen LogP contribution >= 0.6 is 0 Å². The van der Waals surface area contributed by atoms with Crippen molar-refractivity contribution < 1.29 is 32.0 Å². The SMILES string of the molecule is CCOC(=O)c1c(-c2ccccc2OC(F)(F)F)noc1C. The number of benzene rings is 1. The van der Waals surface area contributed by atoms with E-state index in [-0.39, 0.29) is 29.2 Å². The molecule has 1 heterocycles. The fourth-order valence-corrected chi connectivity index (χ4v) is 1.88. The van der Waals surface area contributed by atoms with Crippen molar-refractivity contribution in [2.45, 2.75) is 20.2 Å². The molecule has 8 heteroatoms. The second-order valence-electron chi connectivity index (χ2n) is 4.23. The van der Waals surface area contributed by atoms with Gasteiger partial charge in [0.15, 0.2) is 0 Å². The normalized spacial score (nSPS) is 11.3. The second-order valence-corrected chi connectivity index (χ2v) is 4.23. The number of para-hydroxylation sites is 1. The third kappa shape index (κ3) is 3.38. The molecule has 0 unspecified atom stereocenters. The Bertz CT molecular complexity index is 679. The van der Waals surface area contributed by atoms with Gasteiger partial charge >= 0.3 is 12.3 Å². The van der Waals surface area contributed by atoms with Crippen LogP contribution < -0.4 is 4.74 Å². The van der Waals surface area contributed by atoms with E-state index >= 15 is 0 Å². The highest BCUT2D eigenvalue weighted by molar-refractivity contribution is 5.97. The van der Waals surface area contributed by atoms with Crippen LogP contribution in [0.2, 0.25) is 0 Å². The molecule has 0 bridgehead atoms. The summed E-state index contributed by atoms with van der Waals surface area (Å²) in [5.41, 5.74) is -0.101. The first-order chi connectivity index (χ1) is 10.3. The number of carbonyl (C=O) groups excluding carboxylic acids is 1. The van der Waals surface area contributed by atoms with Crippen LogP contribution in [-0.2, 0) is 4.74 Å². The molecule has 1 aromatic carbocycles. The fourth-order valence-electron chi connectivity index (χ4n) is 1.88. The zero-order valence-electron chi connectivity index (χ0n) is 11.7. The van der Waals surface area contributed by atoms with Crippen molar-refractivity contribution in [3.63, 3.8) is 0 Å². The van der Waals surface area contributed by atoms with Crippen molar-refractivity contribution in [3.8, 4) is 17.0 Å². The van der Waals surface area contributed by atoms with E-state index in [0.717, 1.165) is 6.07 Å². The third-order valence-corrected chi connectivity index (χ3v) is 2.71. The van der Waals surface area contributed by atoms with E-state index in [1.54, 1.807) is 6.92 Å². The highest BCUT2D eigenvalue weighted by Crippen LogP contribution is 2.35. The molecular weight excluding hydrogens is 303 g/mol. The van der Waals surface area contributed by atoms with Gasteiger partial charge in [0.1, 0.15) is 22.8 Å². The summed E-state index contributed by atoms with van der Waals surface area (Å²) >= 11 is 0. The van der Waals surface area contributed by atoms with E-state index in [9.17, 15) is 18.0 Å². The Kier molecular flexibility index (Phi) is 4.39. The molecule has 2 aromatic rings. The number of esters is 1. The predicted molar refractivity (Wildman–Crippen MR) is 69.3 cm³/mol. The van der Waals surface area contributed by atoms with Crippen LogP contribution in [0.25, 0.3) is 11.3 Å². The molecule has 2 rings (SSSR count). The molecule has 0 radical (unpaired) electrons. The Morgan fingerprint density at radius 2 is 2.00 bits per heavy atom. The minimum absolute atomic E-state index is 0.0141. The molecule has 0 aliphatic rings. The number of ether oxygens (including phenoxy) is 2. The summed E-state index contributed by atoms with van der Waals surface area (Å²) in [6.45, 7) is 3.20. The Morgan fingerprint density at radius 1 is 1.32 bits per heavy atom. The van der Waals surface area contributed by atoms with Crippen molar-refractivity contribution >= 4 is 5.97 Å². The lowest BCUT2D eigenvalue weighted by molar-refractivity contribution is -0.274. The second kappa shape index (κ2) is 6.08. The number of alkyl halides is 3. The lowest BCUT2D eigenvalue weighted by Gasteiger charge is -2.12. The highest BCUT2D eigenvalue weighted by atomic mass is 19.4. The summed E-state index contributed by atoms with van der Waals surface area (Å²) in [7, 11) is 0. The van der Waals surface area contributed by atoms with Crippen LogP contribution in [0.5, 0.6) is 5.75 Å². The van der Waals surface area contributed by atoms with Crippen molar-refractivity contribution in [1.82, 2.24) is 5.16 Å². The minimum atomic E-state index is -4.86. The van der Waals surface area contributed by atoms with E-state index in [1.807, 2.05) is 0 Å². The number of halogens is 3. The summed E-state index contributed by atoms with van der Waals surface area (Å²) in [5.74, 6) is -1.05. The third-order valence-electron chi connectivity index (χ3n) is 2.71. The monoisotopic (exact) mass is 315 g/mol. The number of hydrogen-bond acceptors (Lipinski definition) is 5. The van der Waals surface area contributed by atoms with Gasteiger partial charge in [0.25, 0.3) is 0 Å². The van der Waals surface area contributed by atoms with Gasteiger partial charge in [-0.1, -0.05) is 17.3 Å². The average molecular weight is 315 g/mol. The lowest BCUT2D eigenvalue weighted by atomic mass is 10.1. The molecule has 22 heavy (non-hydrogen) atoms. The maximum absolute atomic E-state index is 12.5. The Morgan fingerprint density at radius 3 is 2.64 bits per heavy atom. The molecule has 0 atom stereocenters.